The van der Waals surface area contributed by atoms with E-state index in [1.54, 1.807) is 66.9 Å². The van der Waals surface area contributed by atoms with E-state index in [1.165, 1.54) is 16.7 Å². The number of likely N-dealkylation sites (tertiary alicyclic amines) is 1. The van der Waals surface area contributed by atoms with Crippen molar-refractivity contribution in [2.75, 3.05) is 31.6 Å². The summed E-state index contributed by atoms with van der Waals surface area (Å²) < 4.78 is 0. The van der Waals surface area contributed by atoms with Crippen LogP contribution >= 0.6 is 11.8 Å². The number of primary amides is 3. The Labute approximate surface area is 484 Å². The molecule has 0 spiro atoms. The summed E-state index contributed by atoms with van der Waals surface area (Å²) in [5, 5.41) is 27.3. The number of nitrogens with zero attached hydrogens (tertiary/aromatic N) is 2. The number of aliphatic imine (C=N–C) groups is 1. The molecule has 30 heteroatoms. The molecule has 29 nitrogen and oxygen atoms in total. The minimum atomic E-state index is -1.99. The number of benzene rings is 2. The van der Waals surface area contributed by atoms with E-state index in [1.807, 2.05) is 0 Å². The van der Waals surface area contributed by atoms with Gasteiger partial charge in [0.2, 0.25) is 65.0 Å². The molecule has 0 aliphatic carbocycles. The van der Waals surface area contributed by atoms with Gasteiger partial charge in [-0.15, -0.1) is 0 Å². The molecule has 456 valence electrons. The second-order valence-corrected chi connectivity index (χ2v) is 20.8. The van der Waals surface area contributed by atoms with Crippen LogP contribution in [-0.4, -0.2) is 173 Å². The number of unbranched alkanes of at least 4 members (excludes halogenated alkanes) is 1. The second kappa shape index (κ2) is 36.2. The van der Waals surface area contributed by atoms with Crippen LogP contribution in [0.25, 0.3) is 0 Å². The highest BCUT2D eigenvalue weighted by molar-refractivity contribution is 7.98. The number of aliphatic carboxylic acids is 1. The minimum absolute atomic E-state index is 0.0194. The van der Waals surface area contributed by atoms with Gasteiger partial charge in [0.15, 0.2) is 5.96 Å². The van der Waals surface area contributed by atoms with Crippen LogP contribution in [0.1, 0.15) is 88.2 Å². The van der Waals surface area contributed by atoms with Crippen molar-refractivity contribution in [1.82, 2.24) is 42.1 Å². The Bertz CT molecular complexity index is 2580. The molecule has 0 bridgehead atoms. The lowest BCUT2D eigenvalue weighted by Crippen LogP contribution is -2.61. The molecule has 2 aromatic rings. The van der Waals surface area contributed by atoms with Gasteiger partial charge in [0.05, 0.1) is 18.9 Å². The summed E-state index contributed by atoms with van der Waals surface area (Å²) in [6, 6.07) is 3.86. The van der Waals surface area contributed by atoms with Gasteiger partial charge in [-0.2, -0.15) is 11.8 Å². The van der Waals surface area contributed by atoms with Gasteiger partial charge in [0.1, 0.15) is 48.3 Å². The number of amides is 11. The number of nitrogens with two attached hydrogens (primary N) is 7. The first-order valence-corrected chi connectivity index (χ1v) is 28.4. The lowest BCUT2D eigenvalue weighted by molar-refractivity contribution is -0.142. The molecule has 1 heterocycles. The van der Waals surface area contributed by atoms with Crippen LogP contribution in [0.3, 0.4) is 0 Å². The first-order chi connectivity index (χ1) is 39.4. The van der Waals surface area contributed by atoms with Crippen molar-refractivity contribution in [3.63, 3.8) is 0 Å². The van der Waals surface area contributed by atoms with Crippen LogP contribution in [0, 0.1) is 0 Å². The molecule has 1 fully saturated rings. The van der Waals surface area contributed by atoms with Gasteiger partial charge in [-0.25, -0.2) is 0 Å². The fourth-order valence-corrected chi connectivity index (χ4v) is 9.28. The smallest absolute Gasteiger partial charge is 0.305 e. The van der Waals surface area contributed by atoms with Gasteiger partial charge < -0.3 is 87.4 Å². The molecule has 0 aromatic heterocycles. The predicted octanol–water partition coefficient (Wildman–Crippen LogP) is -4.78. The number of hydrogen-bond acceptors (Lipinski definition) is 16. The summed E-state index contributed by atoms with van der Waals surface area (Å²) in [5.74, 6) is -12.0. The molecule has 83 heavy (non-hydrogen) atoms. The third kappa shape index (κ3) is 25.1. The van der Waals surface area contributed by atoms with E-state index < -0.39 is 151 Å². The van der Waals surface area contributed by atoms with Crippen molar-refractivity contribution in [3.05, 3.63) is 71.8 Å². The monoisotopic (exact) mass is 1180 g/mol. The lowest BCUT2D eigenvalue weighted by atomic mass is 10.0. The number of thioether (sulfide) groups is 1. The molecule has 0 radical (unpaired) electrons. The van der Waals surface area contributed by atoms with Crippen molar-refractivity contribution in [1.29, 1.82) is 0 Å². The molecule has 0 saturated carbocycles. The van der Waals surface area contributed by atoms with Crippen molar-refractivity contribution in [3.8, 4) is 0 Å². The van der Waals surface area contributed by atoms with Crippen molar-refractivity contribution in [2.45, 2.75) is 144 Å². The van der Waals surface area contributed by atoms with Gasteiger partial charge in [0, 0.05) is 32.4 Å². The number of carboxylic acid groups (broad SMARTS) is 1. The van der Waals surface area contributed by atoms with Crippen LogP contribution in [0.4, 0.5) is 0 Å². The number of carboxylic acids is 1. The number of carbonyl (C=O) groups is 12. The zero-order valence-corrected chi connectivity index (χ0v) is 47.2. The van der Waals surface area contributed by atoms with E-state index in [9.17, 15) is 62.6 Å². The minimum Gasteiger partial charge on any atom is -0.481 e. The lowest BCUT2D eigenvalue weighted by Gasteiger charge is -2.29. The van der Waals surface area contributed by atoms with Crippen LogP contribution in [0.5, 0.6) is 0 Å². The number of rotatable bonds is 38. The van der Waals surface area contributed by atoms with Crippen LogP contribution in [0.2, 0.25) is 0 Å². The average Bonchev–Trinajstić information content (AvgIpc) is 4.19. The zero-order valence-electron chi connectivity index (χ0n) is 46.4. The van der Waals surface area contributed by atoms with Gasteiger partial charge in [-0.1, -0.05) is 67.1 Å². The molecule has 2 aromatic carbocycles. The number of guanidine groups is 1. The largest absolute Gasteiger partial charge is 0.481 e. The highest BCUT2D eigenvalue weighted by Gasteiger charge is 2.39. The Morgan fingerprint density at radius 1 is 0.590 bits per heavy atom. The van der Waals surface area contributed by atoms with Gasteiger partial charge in [-0.05, 0) is 81.0 Å². The summed E-state index contributed by atoms with van der Waals surface area (Å²) in [7, 11) is 0. The molecular formula is C53H80N16O13S. The quantitative estimate of drug-likeness (QED) is 0.0170. The number of hydrogen-bond donors (Lipinski definition) is 15. The maximum absolute atomic E-state index is 14.5. The van der Waals surface area contributed by atoms with Gasteiger partial charge >= 0.3 is 5.97 Å². The van der Waals surface area contributed by atoms with E-state index in [0.29, 0.717) is 43.4 Å². The van der Waals surface area contributed by atoms with Crippen molar-refractivity contribution >= 4 is 88.7 Å². The topological polar surface area (TPSA) is 507 Å². The Morgan fingerprint density at radius 3 is 1.58 bits per heavy atom. The zero-order chi connectivity index (χ0) is 61.6. The summed E-state index contributed by atoms with van der Waals surface area (Å²) in [5.41, 5.74) is 40.4. The highest BCUT2D eigenvalue weighted by Crippen LogP contribution is 2.20. The van der Waals surface area contributed by atoms with Crippen LogP contribution in [0.15, 0.2) is 65.7 Å². The van der Waals surface area contributed by atoms with Crippen LogP contribution < -0.4 is 77.4 Å². The summed E-state index contributed by atoms with van der Waals surface area (Å²) in [6.45, 7) is 0.620. The Morgan fingerprint density at radius 2 is 1.07 bits per heavy atom. The second-order valence-electron chi connectivity index (χ2n) is 19.8. The summed E-state index contributed by atoms with van der Waals surface area (Å²) in [6.07, 6.45) is 0.667. The Kier molecular flexibility index (Phi) is 30.0. The fraction of sp³-hybridized carbons (Fsp3) is 0.528. The third-order valence-corrected chi connectivity index (χ3v) is 13.8. The molecular weight excluding hydrogens is 1100 g/mol. The summed E-state index contributed by atoms with van der Waals surface area (Å²) >= 11 is 1.32. The van der Waals surface area contributed by atoms with Gasteiger partial charge in [-0.3, -0.25) is 62.5 Å². The molecule has 9 atom stereocenters. The first kappa shape index (κ1) is 68.9. The average molecular weight is 1180 g/mol. The Hall–Kier alpha value is -8.38. The molecule has 3 rings (SSSR count). The summed E-state index contributed by atoms with van der Waals surface area (Å²) in [4.78, 5) is 166. The van der Waals surface area contributed by atoms with E-state index in [4.69, 9.17) is 40.1 Å². The third-order valence-electron chi connectivity index (χ3n) is 13.2. The molecule has 11 amide bonds. The Balaban J connectivity index is 1.91. The predicted molar refractivity (Wildman–Crippen MR) is 306 cm³/mol. The number of carbonyl (C=O) groups excluding carboxylic acids is 11. The van der Waals surface area contributed by atoms with Crippen molar-refractivity contribution in [2.24, 2.45) is 45.1 Å². The maximum Gasteiger partial charge on any atom is 0.305 e. The molecule has 1 aliphatic heterocycles. The molecule has 0 unspecified atom stereocenters. The van der Waals surface area contributed by atoms with E-state index >= 15 is 0 Å². The molecule has 1 aliphatic rings. The molecule has 22 N–H and O–H groups in total. The van der Waals surface area contributed by atoms with Crippen LogP contribution in [-0.2, 0) is 70.4 Å². The fourth-order valence-electron chi connectivity index (χ4n) is 8.81. The van der Waals surface area contributed by atoms with Gasteiger partial charge in [0.25, 0.3) is 0 Å². The van der Waals surface area contributed by atoms with Crippen molar-refractivity contribution < 1.29 is 62.6 Å². The first-order valence-electron chi connectivity index (χ1n) is 27.0. The van der Waals surface area contributed by atoms with E-state index in [0.717, 1.165) is 0 Å². The van der Waals surface area contributed by atoms with E-state index in [-0.39, 0.29) is 63.3 Å². The maximum atomic E-state index is 14.5. The standard InChI is InChI=1S/C53H80N16O13S/c1-83-25-21-35(47(77)62-33(17-10-23-61-53(59)60)45(75)65-36(44(58)74)26-30-12-4-2-5-13-30)64-48(78)37(27-31-14-6-3-7-15-31)66-50(80)39(29-43(72)73)67-46(76)34(19-20-41(56)70)63-49(79)38(28-42(57)71)68-51(81)40-18-11-24-69(40)52(82)32(55)16-8-9-22-54/h2-7,12-15,32-40H,8-11,16-29,54-55H2,1H3,(H2,56,70)(H2,57,71)(H2,58,74)(H,62,77)(H,63,79)(H,64,78)(H,65,75)(H,66,80)(H,67,76)(H,68,81)(H,72,73)(H4,59,60,61)/t32-,33-,34-,35-,36-,37-,38-,39-,40-/m0/s1. The normalized spacial score (nSPS) is 15.7. The van der Waals surface area contributed by atoms with E-state index in [2.05, 4.69) is 42.2 Å². The highest BCUT2D eigenvalue weighted by atomic mass is 32.2. The molecule has 1 saturated heterocycles. The SMILES string of the molecule is CSCC[C@H](NC(=O)[C@H](Cc1ccccc1)NC(=O)[C@H](CC(=O)O)NC(=O)[C@H](CCC(N)=O)NC(=O)[C@H](CC(N)=O)NC(=O)[C@@H]1CCCN1C(=O)[C@@H](N)CCCCN)C(=O)N[C@@H](CCCN=C(N)N)C(=O)N[C@@H](Cc1ccccc1)C(N)=O. The number of nitrogens with one attached hydrogen (secondary N) is 7.